The summed E-state index contributed by atoms with van der Waals surface area (Å²) >= 11 is 0. The number of benzene rings is 2. The first-order chi connectivity index (χ1) is 10.3. The van der Waals surface area contributed by atoms with Crippen molar-refractivity contribution in [2.24, 2.45) is 11.7 Å². The van der Waals surface area contributed by atoms with Crippen LogP contribution in [0.3, 0.4) is 0 Å². The highest BCUT2D eigenvalue weighted by Gasteiger charge is 2.08. The quantitative estimate of drug-likeness (QED) is 0.744. The molecule has 0 spiro atoms. The minimum absolute atomic E-state index is 0.534. The lowest BCUT2D eigenvalue weighted by atomic mass is 9.94. The van der Waals surface area contributed by atoms with Crippen molar-refractivity contribution in [3.8, 4) is 5.75 Å². The minimum Gasteiger partial charge on any atom is -0.494 e. The highest BCUT2D eigenvalue weighted by atomic mass is 16.5. The van der Waals surface area contributed by atoms with E-state index in [4.69, 9.17) is 10.5 Å². The third-order valence-corrected chi connectivity index (χ3v) is 3.75. The molecule has 0 aliphatic rings. The van der Waals surface area contributed by atoms with E-state index in [1.54, 1.807) is 0 Å². The Hall–Kier alpha value is -1.80. The molecule has 0 aromatic heterocycles. The molecule has 0 aliphatic carbocycles. The van der Waals surface area contributed by atoms with Crippen LogP contribution < -0.4 is 10.5 Å². The van der Waals surface area contributed by atoms with Gasteiger partial charge in [0.25, 0.3) is 0 Å². The van der Waals surface area contributed by atoms with Gasteiger partial charge in [-0.3, -0.25) is 0 Å². The molecule has 0 fully saturated rings. The maximum absolute atomic E-state index is 5.90. The zero-order chi connectivity index (χ0) is 14.9. The summed E-state index contributed by atoms with van der Waals surface area (Å²) in [7, 11) is 0. The molecule has 0 saturated heterocycles. The second-order valence-corrected chi connectivity index (χ2v) is 5.60. The monoisotopic (exact) mass is 283 g/mol. The van der Waals surface area contributed by atoms with Gasteiger partial charge in [-0.25, -0.2) is 0 Å². The molecule has 0 bridgehead atoms. The van der Waals surface area contributed by atoms with Gasteiger partial charge in [0.05, 0.1) is 6.61 Å². The summed E-state index contributed by atoms with van der Waals surface area (Å²) in [6, 6.07) is 18.7. The summed E-state index contributed by atoms with van der Waals surface area (Å²) in [4.78, 5) is 0. The fourth-order valence-electron chi connectivity index (χ4n) is 2.44. The molecule has 2 rings (SSSR count). The fraction of sp³-hybridized carbons (Fsp3) is 0.368. The molecule has 0 saturated carbocycles. The Balaban J connectivity index is 1.71. The van der Waals surface area contributed by atoms with E-state index in [0.29, 0.717) is 5.92 Å². The Morgan fingerprint density at radius 3 is 2.38 bits per heavy atom. The number of para-hydroxylation sites is 1. The van der Waals surface area contributed by atoms with Crippen molar-refractivity contribution in [2.45, 2.75) is 26.2 Å². The first-order valence-corrected chi connectivity index (χ1v) is 7.71. The van der Waals surface area contributed by atoms with E-state index in [2.05, 4.69) is 31.2 Å². The Morgan fingerprint density at radius 2 is 1.71 bits per heavy atom. The van der Waals surface area contributed by atoms with Crippen LogP contribution in [0.5, 0.6) is 5.75 Å². The molecule has 2 nitrogen and oxygen atoms in total. The minimum atomic E-state index is 0.534. The molecule has 21 heavy (non-hydrogen) atoms. The molecule has 2 aromatic rings. The Kier molecular flexibility index (Phi) is 6.29. The smallest absolute Gasteiger partial charge is 0.119 e. The van der Waals surface area contributed by atoms with Crippen molar-refractivity contribution < 1.29 is 4.74 Å². The van der Waals surface area contributed by atoms with Crippen LogP contribution in [0.4, 0.5) is 0 Å². The summed E-state index contributed by atoms with van der Waals surface area (Å²) in [6.07, 6.45) is 3.21. The van der Waals surface area contributed by atoms with Gasteiger partial charge in [-0.15, -0.1) is 0 Å². The van der Waals surface area contributed by atoms with E-state index in [1.807, 2.05) is 30.3 Å². The molecule has 0 amide bonds. The standard InChI is InChI=1S/C19H25NO/c1-16-9-11-17(12-10-16)14-18(15-20)6-5-13-21-19-7-3-2-4-8-19/h2-4,7-12,18H,5-6,13-15,20H2,1H3. The van der Waals surface area contributed by atoms with Crippen LogP contribution in [0.15, 0.2) is 54.6 Å². The lowest BCUT2D eigenvalue weighted by Gasteiger charge is -2.15. The molecule has 1 atom stereocenters. The molecule has 0 aliphatic heterocycles. The first kappa shape index (κ1) is 15.6. The second kappa shape index (κ2) is 8.48. The van der Waals surface area contributed by atoms with Crippen molar-refractivity contribution in [1.82, 2.24) is 0 Å². The van der Waals surface area contributed by atoms with Crippen molar-refractivity contribution >= 4 is 0 Å². The van der Waals surface area contributed by atoms with E-state index in [-0.39, 0.29) is 0 Å². The molecule has 2 N–H and O–H groups in total. The third kappa shape index (κ3) is 5.60. The fourth-order valence-corrected chi connectivity index (χ4v) is 2.44. The van der Waals surface area contributed by atoms with Gasteiger partial charge in [-0.2, -0.15) is 0 Å². The maximum Gasteiger partial charge on any atom is 0.119 e. The van der Waals surface area contributed by atoms with Gasteiger partial charge in [-0.1, -0.05) is 48.0 Å². The largest absolute Gasteiger partial charge is 0.494 e. The molecule has 0 radical (unpaired) electrons. The topological polar surface area (TPSA) is 35.2 Å². The van der Waals surface area contributed by atoms with Gasteiger partial charge in [0.1, 0.15) is 5.75 Å². The average molecular weight is 283 g/mol. The molecule has 0 heterocycles. The van der Waals surface area contributed by atoms with Crippen LogP contribution in [0, 0.1) is 12.8 Å². The summed E-state index contributed by atoms with van der Waals surface area (Å²) in [5.41, 5.74) is 8.58. The number of hydrogen-bond donors (Lipinski definition) is 1. The normalized spacial score (nSPS) is 12.1. The van der Waals surface area contributed by atoms with Crippen molar-refractivity contribution in [3.05, 3.63) is 65.7 Å². The predicted molar refractivity (Wildman–Crippen MR) is 88.6 cm³/mol. The van der Waals surface area contributed by atoms with E-state index in [0.717, 1.165) is 38.2 Å². The van der Waals surface area contributed by atoms with Gasteiger partial charge in [-0.05, 0) is 56.3 Å². The molecular formula is C19H25NO. The van der Waals surface area contributed by atoms with Gasteiger partial charge >= 0.3 is 0 Å². The zero-order valence-electron chi connectivity index (χ0n) is 12.8. The summed E-state index contributed by atoms with van der Waals surface area (Å²) < 4.78 is 5.73. The van der Waals surface area contributed by atoms with E-state index >= 15 is 0 Å². The molecule has 2 aromatic carbocycles. The number of rotatable bonds is 8. The molecule has 2 heteroatoms. The van der Waals surface area contributed by atoms with Crippen molar-refractivity contribution in [1.29, 1.82) is 0 Å². The molecule has 1 unspecified atom stereocenters. The van der Waals surface area contributed by atoms with Crippen LogP contribution in [0.2, 0.25) is 0 Å². The van der Waals surface area contributed by atoms with Crippen molar-refractivity contribution in [2.75, 3.05) is 13.2 Å². The summed E-state index contributed by atoms with van der Waals surface area (Å²) in [5, 5.41) is 0. The Morgan fingerprint density at radius 1 is 1.00 bits per heavy atom. The van der Waals surface area contributed by atoms with Gasteiger partial charge < -0.3 is 10.5 Å². The second-order valence-electron chi connectivity index (χ2n) is 5.60. The number of nitrogens with two attached hydrogens (primary N) is 1. The van der Waals surface area contributed by atoms with Crippen LogP contribution in [0.1, 0.15) is 24.0 Å². The summed E-state index contributed by atoms with van der Waals surface area (Å²) in [5.74, 6) is 1.48. The lowest BCUT2D eigenvalue weighted by molar-refractivity contribution is 0.292. The highest BCUT2D eigenvalue weighted by Crippen LogP contribution is 2.15. The van der Waals surface area contributed by atoms with Crippen LogP contribution >= 0.6 is 0 Å². The number of aryl methyl sites for hydroxylation is 1. The van der Waals surface area contributed by atoms with E-state index < -0.39 is 0 Å². The zero-order valence-corrected chi connectivity index (χ0v) is 12.8. The van der Waals surface area contributed by atoms with Gasteiger partial charge in [0.2, 0.25) is 0 Å². The number of hydrogen-bond acceptors (Lipinski definition) is 2. The SMILES string of the molecule is Cc1ccc(CC(CN)CCCOc2ccccc2)cc1. The average Bonchev–Trinajstić information content (AvgIpc) is 2.53. The molecular weight excluding hydrogens is 258 g/mol. The van der Waals surface area contributed by atoms with E-state index in [9.17, 15) is 0 Å². The van der Waals surface area contributed by atoms with Crippen LogP contribution in [0.25, 0.3) is 0 Å². The third-order valence-electron chi connectivity index (χ3n) is 3.75. The first-order valence-electron chi connectivity index (χ1n) is 7.71. The lowest BCUT2D eigenvalue weighted by Crippen LogP contribution is -2.17. The predicted octanol–water partition coefficient (Wildman–Crippen LogP) is 3.97. The van der Waals surface area contributed by atoms with Crippen LogP contribution in [-0.2, 0) is 6.42 Å². The Bertz CT molecular complexity index is 507. The molecule has 112 valence electrons. The number of ether oxygens (including phenoxy) is 1. The van der Waals surface area contributed by atoms with Gasteiger partial charge in [0.15, 0.2) is 0 Å². The Labute approximate surface area is 127 Å². The van der Waals surface area contributed by atoms with E-state index in [1.165, 1.54) is 11.1 Å². The van der Waals surface area contributed by atoms with Crippen LogP contribution in [-0.4, -0.2) is 13.2 Å². The maximum atomic E-state index is 5.90. The van der Waals surface area contributed by atoms with Crippen molar-refractivity contribution in [3.63, 3.8) is 0 Å². The highest BCUT2D eigenvalue weighted by molar-refractivity contribution is 5.22. The summed E-state index contributed by atoms with van der Waals surface area (Å²) in [6.45, 7) is 3.61. The van der Waals surface area contributed by atoms with Gasteiger partial charge in [0, 0.05) is 0 Å².